The van der Waals surface area contributed by atoms with Gasteiger partial charge >= 0.3 is 6.03 Å². The quantitative estimate of drug-likeness (QED) is 0.742. The van der Waals surface area contributed by atoms with Crippen molar-refractivity contribution in [1.82, 2.24) is 9.55 Å². The summed E-state index contributed by atoms with van der Waals surface area (Å²) in [4.78, 5) is 29.0. The third-order valence-electron chi connectivity index (χ3n) is 3.90. The standard InChI is InChI=1S/C20H20N4O3/c1-13-10-14(2)12-15(11-13)22-20(26)23-18-19(25)24(9-8-21-18)16-6-4-5-7-17(16)27-3/h4-12H,1-3H3,(H2,21,22,23,26). The van der Waals surface area contributed by atoms with Gasteiger partial charge in [-0.15, -0.1) is 0 Å². The van der Waals surface area contributed by atoms with E-state index in [4.69, 9.17) is 4.74 Å². The summed E-state index contributed by atoms with van der Waals surface area (Å²) in [7, 11) is 1.53. The third kappa shape index (κ3) is 4.14. The first kappa shape index (κ1) is 18.2. The van der Waals surface area contributed by atoms with Crippen molar-refractivity contribution in [3.63, 3.8) is 0 Å². The molecule has 0 aliphatic heterocycles. The number of aromatic nitrogens is 2. The average Bonchev–Trinajstić information content (AvgIpc) is 2.62. The SMILES string of the molecule is COc1ccccc1-n1ccnc(NC(=O)Nc2cc(C)cc(C)c2)c1=O. The Morgan fingerprint density at radius 1 is 1.07 bits per heavy atom. The number of rotatable bonds is 4. The van der Waals surface area contributed by atoms with Gasteiger partial charge in [0.1, 0.15) is 5.75 Å². The van der Waals surface area contributed by atoms with E-state index in [-0.39, 0.29) is 5.82 Å². The number of carbonyl (C=O) groups excluding carboxylic acids is 1. The predicted octanol–water partition coefficient (Wildman–Crippen LogP) is 3.50. The first-order valence-electron chi connectivity index (χ1n) is 8.35. The van der Waals surface area contributed by atoms with E-state index in [1.54, 1.807) is 18.2 Å². The van der Waals surface area contributed by atoms with Gasteiger partial charge in [-0.2, -0.15) is 0 Å². The Balaban J connectivity index is 1.86. The van der Waals surface area contributed by atoms with Crippen LogP contribution < -0.4 is 20.9 Å². The van der Waals surface area contributed by atoms with Crippen LogP contribution in [0.15, 0.2) is 59.7 Å². The lowest BCUT2D eigenvalue weighted by molar-refractivity contribution is 0.262. The van der Waals surface area contributed by atoms with Crippen molar-refractivity contribution in [2.24, 2.45) is 0 Å². The molecule has 0 radical (unpaired) electrons. The van der Waals surface area contributed by atoms with E-state index in [1.165, 1.54) is 24.1 Å². The monoisotopic (exact) mass is 364 g/mol. The van der Waals surface area contributed by atoms with Gasteiger partial charge in [-0.05, 0) is 49.2 Å². The molecule has 0 aliphatic rings. The largest absolute Gasteiger partial charge is 0.495 e. The fraction of sp³-hybridized carbons (Fsp3) is 0.150. The van der Waals surface area contributed by atoms with Gasteiger partial charge in [-0.25, -0.2) is 9.78 Å². The minimum absolute atomic E-state index is 0.0784. The Hall–Kier alpha value is -3.61. The highest BCUT2D eigenvalue weighted by Gasteiger charge is 2.12. The van der Waals surface area contributed by atoms with Crippen LogP contribution in [0.2, 0.25) is 0 Å². The molecule has 1 aromatic heterocycles. The van der Waals surface area contributed by atoms with E-state index in [9.17, 15) is 9.59 Å². The topological polar surface area (TPSA) is 85.2 Å². The molecule has 0 unspecified atom stereocenters. The molecule has 7 heteroatoms. The number of nitrogens with one attached hydrogen (secondary N) is 2. The van der Waals surface area contributed by atoms with Crippen molar-refractivity contribution in [2.45, 2.75) is 13.8 Å². The lowest BCUT2D eigenvalue weighted by Gasteiger charge is -2.12. The number of ether oxygens (including phenoxy) is 1. The second-order valence-electron chi connectivity index (χ2n) is 6.08. The molecule has 3 aromatic rings. The molecule has 0 saturated carbocycles. The average molecular weight is 364 g/mol. The third-order valence-corrected chi connectivity index (χ3v) is 3.90. The fourth-order valence-corrected chi connectivity index (χ4v) is 2.83. The number of hydrogen-bond donors (Lipinski definition) is 2. The van der Waals surface area contributed by atoms with Gasteiger partial charge in [0.15, 0.2) is 0 Å². The zero-order chi connectivity index (χ0) is 19.4. The Bertz CT molecular complexity index is 1020. The van der Waals surface area contributed by atoms with E-state index in [1.807, 2.05) is 38.1 Å². The Morgan fingerprint density at radius 3 is 2.48 bits per heavy atom. The van der Waals surface area contributed by atoms with Gasteiger partial charge in [-0.3, -0.25) is 14.7 Å². The highest BCUT2D eigenvalue weighted by Crippen LogP contribution is 2.20. The fourth-order valence-electron chi connectivity index (χ4n) is 2.83. The number of carbonyl (C=O) groups is 1. The summed E-state index contributed by atoms with van der Waals surface area (Å²) in [5.41, 5.74) is 2.80. The first-order chi connectivity index (χ1) is 13.0. The van der Waals surface area contributed by atoms with Crippen LogP contribution in [0.5, 0.6) is 5.75 Å². The predicted molar refractivity (Wildman–Crippen MR) is 105 cm³/mol. The van der Waals surface area contributed by atoms with Crippen molar-refractivity contribution in [3.8, 4) is 11.4 Å². The summed E-state index contributed by atoms with van der Waals surface area (Å²) in [6.45, 7) is 3.89. The van der Waals surface area contributed by atoms with Crippen LogP contribution >= 0.6 is 0 Å². The minimum Gasteiger partial charge on any atom is -0.495 e. The molecule has 0 bridgehead atoms. The Morgan fingerprint density at radius 2 is 1.78 bits per heavy atom. The van der Waals surface area contributed by atoms with Crippen molar-refractivity contribution in [3.05, 3.63) is 76.3 Å². The van der Waals surface area contributed by atoms with E-state index in [0.717, 1.165) is 11.1 Å². The maximum Gasteiger partial charge on any atom is 0.325 e. The van der Waals surface area contributed by atoms with Crippen LogP contribution in [0.4, 0.5) is 16.3 Å². The molecule has 0 saturated heterocycles. The molecule has 0 spiro atoms. The summed E-state index contributed by atoms with van der Waals surface area (Å²) in [6, 6.07) is 12.3. The number of methoxy groups -OCH3 is 1. The second kappa shape index (κ2) is 7.74. The van der Waals surface area contributed by atoms with Crippen LogP contribution in [0, 0.1) is 13.8 Å². The number of hydrogen-bond acceptors (Lipinski definition) is 4. The molecule has 3 rings (SSSR count). The van der Waals surface area contributed by atoms with E-state index < -0.39 is 11.6 Å². The highest BCUT2D eigenvalue weighted by atomic mass is 16.5. The zero-order valence-corrected chi connectivity index (χ0v) is 15.3. The summed E-state index contributed by atoms with van der Waals surface area (Å²) in [5, 5.41) is 5.23. The van der Waals surface area contributed by atoms with E-state index >= 15 is 0 Å². The number of benzene rings is 2. The minimum atomic E-state index is -0.539. The number of aryl methyl sites for hydroxylation is 2. The molecule has 27 heavy (non-hydrogen) atoms. The Kier molecular flexibility index (Phi) is 5.21. The summed E-state index contributed by atoms with van der Waals surface area (Å²) < 4.78 is 6.67. The van der Waals surface area contributed by atoms with Crippen LogP contribution in [0.3, 0.4) is 0 Å². The van der Waals surface area contributed by atoms with Crippen molar-refractivity contribution in [1.29, 1.82) is 0 Å². The number of anilines is 2. The number of nitrogens with zero attached hydrogens (tertiary/aromatic N) is 2. The van der Waals surface area contributed by atoms with Crippen LogP contribution in [-0.2, 0) is 0 Å². The molecule has 1 heterocycles. The van der Waals surface area contributed by atoms with Crippen molar-refractivity contribution < 1.29 is 9.53 Å². The molecule has 0 aliphatic carbocycles. The zero-order valence-electron chi connectivity index (χ0n) is 15.3. The lowest BCUT2D eigenvalue weighted by Crippen LogP contribution is -2.28. The van der Waals surface area contributed by atoms with Crippen LogP contribution in [-0.4, -0.2) is 22.7 Å². The molecule has 2 N–H and O–H groups in total. The molecular formula is C20H20N4O3. The molecular weight excluding hydrogens is 344 g/mol. The second-order valence-corrected chi connectivity index (χ2v) is 6.08. The summed E-state index contributed by atoms with van der Waals surface area (Å²) in [5.74, 6) is 0.460. The molecule has 2 amide bonds. The molecule has 0 fully saturated rings. The van der Waals surface area contributed by atoms with E-state index in [2.05, 4.69) is 15.6 Å². The molecule has 0 atom stereocenters. The van der Waals surface area contributed by atoms with Crippen molar-refractivity contribution >= 4 is 17.5 Å². The van der Waals surface area contributed by atoms with Crippen LogP contribution in [0.1, 0.15) is 11.1 Å². The smallest absolute Gasteiger partial charge is 0.325 e. The Labute approximate surface area is 156 Å². The normalized spacial score (nSPS) is 10.3. The van der Waals surface area contributed by atoms with Gasteiger partial charge in [0.2, 0.25) is 5.82 Å². The maximum absolute atomic E-state index is 12.7. The first-order valence-corrected chi connectivity index (χ1v) is 8.35. The lowest BCUT2D eigenvalue weighted by atomic mass is 10.1. The van der Waals surface area contributed by atoms with Crippen molar-refractivity contribution in [2.75, 3.05) is 17.7 Å². The van der Waals surface area contributed by atoms with Crippen LogP contribution in [0.25, 0.3) is 5.69 Å². The van der Waals surface area contributed by atoms with Gasteiger partial charge < -0.3 is 10.1 Å². The molecule has 138 valence electrons. The summed E-state index contributed by atoms with van der Waals surface area (Å²) in [6.07, 6.45) is 2.97. The van der Waals surface area contributed by atoms with E-state index in [0.29, 0.717) is 17.1 Å². The molecule has 2 aromatic carbocycles. The van der Waals surface area contributed by atoms with Gasteiger partial charge in [0.05, 0.1) is 12.8 Å². The number of urea groups is 1. The summed E-state index contributed by atoms with van der Waals surface area (Å²) >= 11 is 0. The van der Waals surface area contributed by atoms with Gasteiger partial charge in [-0.1, -0.05) is 18.2 Å². The molecule has 7 nitrogen and oxygen atoms in total. The number of amides is 2. The number of para-hydroxylation sites is 2. The maximum atomic E-state index is 12.7. The highest BCUT2D eigenvalue weighted by molar-refractivity contribution is 5.99. The van der Waals surface area contributed by atoms with Gasteiger partial charge in [0, 0.05) is 18.1 Å². The van der Waals surface area contributed by atoms with Gasteiger partial charge in [0.25, 0.3) is 5.56 Å².